The van der Waals surface area contributed by atoms with Crippen LogP contribution in [0.5, 0.6) is 0 Å². The molecule has 0 aliphatic heterocycles. The minimum Gasteiger partial charge on any atom is -0.309 e. The van der Waals surface area contributed by atoms with E-state index in [4.69, 9.17) is 0 Å². The van der Waals surface area contributed by atoms with Gasteiger partial charge in [-0.2, -0.15) is 0 Å². The molecule has 2 aromatic carbocycles. The molecule has 0 amide bonds. The molecule has 0 saturated heterocycles. The number of hydrogen-bond acceptors (Lipinski definition) is 3. The number of allylic oxidation sites excluding steroid dienone is 5. The van der Waals surface area contributed by atoms with E-state index >= 15 is 0 Å². The molecule has 4 aromatic rings. The molecule has 0 radical (unpaired) electrons. The van der Waals surface area contributed by atoms with Gasteiger partial charge in [0.05, 0.1) is 22.4 Å². The van der Waals surface area contributed by atoms with Gasteiger partial charge in [0.1, 0.15) is 0 Å². The molecule has 1 aliphatic carbocycles. The van der Waals surface area contributed by atoms with Crippen LogP contribution in [0.3, 0.4) is 0 Å². The number of fused-ring (bicyclic) bond motifs is 2. The van der Waals surface area contributed by atoms with Crippen molar-refractivity contribution in [2.75, 3.05) is 4.90 Å². The minimum absolute atomic E-state index is 0.397. The van der Waals surface area contributed by atoms with Gasteiger partial charge in [-0.1, -0.05) is 37.3 Å². The van der Waals surface area contributed by atoms with Crippen molar-refractivity contribution >= 4 is 33.2 Å². The largest absolute Gasteiger partial charge is 0.309 e. The quantitative estimate of drug-likeness (QED) is 0.406. The molecule has 1 unspecified atom stereocenters. The van der Waals surface area contributed by atoms with Gasteiger partial charge in [-0.3, -0.25) is 9.97 Å². The monoisotopic (exact) mass is 375 g/mol. The molecule has 0 saturated carbocycles. The fourth-order valence-corrected chi connectivity index (χ4v) is 3.82. The maximum atomic E-state index is 4.57. The van der Waals surface area contributed by atoms with E-state index in [0.29, 0.717) is 5.92 Å². The first kappa shape index (κ1) is 17.4. The van der Waals surface area contributed by atoms with Gasteiger partial charge in [0.15, 0.2) is 0 Å². The van der Waals surface area contributed by atoms with Gasteiger partial charge < -0.3 is 4.90 Å². The van der Waals surface area contributed by atoms with E-state index in [1.165, 1.54) is 0 Å². The van der Waals surface area contributed by atoms with E-state index < -0.39 is 0 Å². The highest BCUT2D eigenvalue weighted by atomic mass is 15.2. The fraction of sp³-hybridized carbons (Fsp3) is 0.0769. The van der Waals surface area contributed by atoms with Gasteiger partial charge in [-0.15, -0.1) is 0 Å². The lowest BCUT2D eigenvalue weighted by molar-refractivity contribution is 0.941. The van der Waals surface area contributed by atoms with Crippen molar-refractivity contribution in [3.05, 3.63) is 109 Å². The summed E-state index contributed by atoms with van der Waals surface area (Å²) in [7, 11) is 0. The van der Waals surface area contributed by atoms with Crippen molar-refractivity contribution in [2.45, 2.75) is 6.92 Å². The van der Waals surface area contributed by atoms with Gasteiger partial charge >= 0.3 is 0 Å². The standard InChI is InChI=1S/C26H21N3/c1-19-7-2-8-20(16-15-19)29(25-13-3-11-23-21(25)9-5-17-27-23)26-14-4-12-24-22(26)10-6-18-28-24/h2-19H,1H3. The summed E-state index contributed by atoms with van der Waals surface area (Å²) in [6, 6.07) is 20.8. The van der Waals surface area contributed by atoms with E-state index in [0.717, 1.165) is 38.9 Å². The first-order valence-electron chi connectivity index (χ1n) is 9.85. The summed E-state index contributed by atoms with van der Waals surface area (Å²) in [5, 5.41) is 2.23. The molecule has 3 heteroatoms. The average molecular weight is 375 g/mol. The van der Waals surface area contributed by atoms with Crippen molar-refractivity contribution in [3.8, 4) is 0 Å². The Morgan fingerprint density at radius 2 is 1.34 bits per heavy atom. The van der Waals surface area contributed by atoms with Crippen molar-refractivity contribution < 1.29 is 0 Å². The predicted molar refractivity (Wildman–Crippen MR) is 121 cm³/mol. The summed E-state index contributed by atoms with van der Waals surface area (Å²) in [4.78, 5) is 11.4. The van der Waals surface area contributed by atoms with Crippen molar-refractivity contribution in [1.82, 2.24) is 9.97 Å². The normalized spacial score (nSPS) is 16.0. The molecule has 1 atom stereocenters. The maximum absolute atomic E-state index is 4.57. The molecule has 29 heavy (non-hydrogen) atoms. The molecule has 1 aliphatic rings. The summed E-state index contributed by atoms with van der Waals surface area (Å²) in [5.41, 5.74) is 5.28. The third kappa shape index (κ3) is 3.21. The first-order valence-corrected chi connectivity index (χ1v) is 9.85. The minimum atomic E-state index is 0.397. The van der Waals surface area contributed by atoms with Gasteiger partial charge in [0, 0.05) is 28.9 Å². The highest BCUT2D eigenvalue weighted by Gasteiger charge is 2.18. The van der Waals surface area contributed by atoms with Crippen LogP contribution >= 0.6 is 0 Å². The van der Waals surface area contributed by atoms with Crippen LogP contribution in [0.25, 0.3) is 21.8 Å². The molecule has 140 valence electrons. The van der Waals surface area contributed by atoms with Crippen LogP contribution in [0.4, 0.5) is 11.4 Å². The lowest BCUT2D eigenvalue weighted by atomic mass is 10.1. The van der Waals surface area contributed by atoms with Crippen LogP contribution in [0.1, 0.15) is 6.92 Å². The highest BCUT2D eigenvalue weighted by molar-refractivity contribution is 6.01. The Morgan fingerprint density at radius 1 is 0.724 bits per heavy atom. The molecule has 3 nitrogen and oxygen atoms in total. The number of hydrogen-bond donors (Lipinski definition) is 0. The topological polar surface area (TPSA) is 29.0 Å². The molecule has 0 bridgehead atoms. The zero-order chi connectivity index (χ0) is 19.6. The van der Waals surface area contributed by atoms with E-state index in [1.54, 1.807) is 0 Å². The second-order valence-corrected chi connectivity index (χ2v) is 7.22. The Balaban J connectivity index is 1.82. The second-order valence-electron chi connectivity index (χ2n) is 7.22. The van der Waals surface area contributed by atoms with Gasteiger partial charge in [0.25, 0.3) is 0 Å². The molecule has 5 rings (SSSR count). The second kappa shape index (κ2) is 7.36. The summed E-state index contributed by atoms with van der Waals surface area (Å²) in [5.74, 6) is 0.397. The third-order valence-corrected chi connectivity index (χ3v) is 5.24. The number of rotatable bonds is 3. The van der Waals surface area contributed by atoms with E-state index in [1.807, 2.05) is 24.5 Å². The Bertz CT molecular complexity index is 1190. The Kier molecular flexibility index (Phi) is 4.41. The van der Waals surface area contributed by atoms with Crippen LogP contribution in [-0.4, -0.2) is 9.97 Å². The molecule has 0 N–H and O–H groups in total. The van der Waals surface area contributed by atoms with Crippen LogP contribution in [0.2, 0.25) is 0 Å². The number of nitrogens with zero attached hydrogens (tertiary/aromatic N) is 3. The third-order valence-electron chi connectivity index (χ3n) is 5.24. The molecule has 2 heterocycles. The van der Waals surface area contributed by atoms with Crippen LogP contribution in [0.15, 0.2) is 109 Å². The molecule has 2 aromatic heterocycles. The zero-order valence-corrected chi connectivity index (χ0v) is 16.2. The number of aromatic nitrogens is 2. The van der Waals surface area contributed by atoms with Gasteiger partial charge in [-0.05, 0) is 66.6 Å². The Hall–Kier alpha value is -3.72. The van der Waals surface area contributed by atoms with E-state index in [2.05, 4.69) is 101 Å². The molecule has 0 fully saturated rings. The van der Waals surface area contributed by atoms with Gasteiger partial charge in [-0.25, -0.2) is 0 Å². The SMILES string of the molecule is CC1C=CC=C(N(c2cccc3ncccc23)c2cccc3ncccc23)C=C1. The lowest BCUT2D eigenvalue weighted by Gasteiger charge is -2.28. The van der Waals surface area contributed by atoms with Crippen LogP contribution < -0.4 is 4.90 Å². The highest BCUT2D eigenvalue weighted by Crippen LogP contribution is 2.39. The smallest absolute Gasteiger partial charge is 0.0723 e. The predicted octanol–water partition coefficient (Wildman–Crippen LogP) is 6.57. The van der Waals surface area contributed by atoms with E-state index in [9.17, 15) is 0 Å². The molecule has 0 spiro atoms. The zero-order valence-electron chi connectivity index (χ0n) is 16.2. The first-order chi connectivity index (χ1) is 14.3. The molecular weight excluding hydrogens is 354 g/mol. The summed E-state index contributed by atoms with van der Waals surface area (Å²) in [6.07, 6.45) is 14.6. The summed E-state index contributed by atoms with van der Waals surface area (Å²) in [6.45, 7) is 2.19. The van der Waals surface area contributed by atoms with Crippen molar-refractivity contribution in [1.29, 1.82) is 0 Å². The maximum Gasteiger partial charge on any atom is 0.0723 e. The fourth-order valence-electron chi connectivity index (χ4n) is 3.82. The number of benzene rings is 2. The van der Waals surface area contributed by atoms with Gasteiger partial charge in [0.2, 0.25) is 0 Å². The number of pyridine rings is 2. The lowest BCUT2D eigenvalue weighted by Crippen LogP contribution is -2.16. The van der Waals surface area contributed by atoms with Crippen molar-refractivity contribution in [2.24, 2.45) is 5.92 Å². The van der Waals surface area contributed by atoms with Crippen LogP contribution in [-0.2, 0) is 0 Å². The Labute approximate surface area is 170 Å². The summed E-state index contributed by atoms with van der Waals surface area (Å²) < 4.78 is 0. The Morgan fingerprint density at radius 3 is 1.97 bits per heavy atom. The summed E-state index contributed by atoms with van der Waals surface area (Å²) >= 11 is 0. The van der Waals surface area contributed by atoms with Crippen molar-refractivity contribution in [3.63, 3.8) is 0 Å². The number of anilines is 2. The van der Waals surface area contributed by atoms with E-state index in [-0.39, 0.29) is 0 Å². The molecular formula is C26H21N3. The average Bonchev–Trinajstić information content (AvgIpc) is 2.99. The van der Waals surface area contributed by atoms with Crippen LogP contribution in [0, 0.1) is 5.92 Å².